The Morgan fingerprint density at radius 3 is 0.971 bits per heavy atom. The van der Waals surface area contributed by atoms with Crippen molar-refractivity contribution in [3.63, 3.8) is 0 Å². The van der Waals surface area contributed by atoms with Crippen LogP contribution >= 0.6 is 0 Å². The molecule has 0 saturated carbocycles. The predicted molar refractivity (Wildman–Crippen MR) is 154 cm³/mol. The van der Waals surface area contributed by atoms with Gasteiger partial charge in [-0.25, -0.2) is 0 Å². The minimum absolute atomic E-state index is 0.333. The van der Waals surface area contributed by atoms with E-state index in [2.05, 4.69) is 34.6 Å². The van der Waals surface area contributed by atoms with Crippen LogP contribution in [0.2, 0.25) is 0 Å². The molecule has 0 fully saturated rings. The molecule has 212 valence electrons. The fourth-order valence-electron chi connectivity index (χ4n) is 4.75. The van der Waals surface area contributed by atoms with Crippen LogP contribution in [-0.4, -0.2) is 25.8 Å². The van der Waals surface area contributed by atoms with E-state index in [0.29, 0.717) is 5.92 Å². The van der Waals surface area contributed by atoms with Gasteiger partial charge in [0, 0.05) is 5.92 Å². The summed E-state index contributed by atoms with van der Waals surface area (Å²) in [5.74, 6) is -0.510. The molecule has 0 rings (SSSR count). The lowest BCUT2D eigenvalue weighted by atomic mass is 9.91. The zero-order chi connectivity index (χ0) is 25.9. The molecule has 0 aromatic heterocycles. The Morgan fingerprint density at radius 2 is 0.657 bits per heavy atom. The monoisotopic (exact) mass is 499 g/mol. The van der Waals surface area contributed by atoms with Crippen molar-refractivity contribution in [2.24, 2.45) is 5.92 Å². The van der Waals surface area contributed by atoms with Crippen molar-refractivity contribution in [2.75, 3.05) is 19.8 Å². The van der Waals surface area contributed by atoms with Crippen LogP contribution in [0.4, 0.5) is 0 Å². The molecule has 3 nitrogen and oxygen atoms in total. The van der Waals surface area contributed by atoms with Crippen LogP contribution in [0.3, 0.4) is 0 Å². The number of unbranched alkanes of at least 4 members (excludes halogenated alkanes) is 15. The number of hydrogen-bond donors (Lipinski definition) is 0. The topological polar surface area (TPSA) is 27.7 Å². The SMILES string of the molecule is CCCCCCCCCCC(CCCCCCCC)C(OCCCC)(OCCCC)OCCCC. The first kappa shape index (κ1) is 34.9. The van der Waals surface area contributed by atoms with Crippen molar-refractivity contribution in [1.82, 2.24) is 0 Å². The van der Waals surface area contributed by atoms with Crippen LogP contribution in [0.1, 0.15) is 176 Å². The lowest BCUT2D eigenvalue weighted by molar-refractivity contribution is -0.407. The lowest BCUT2D eigenvalue weighted by Gasteiger charge is -2.40. The summed E-state index contributed by atoms with van der Waals surface area (Å²) >= 11 is 0. The molecule has 1 atom stereocenters. The van der Waals surface area contributed by atoms with E-state index in [1.807, 2.05) is 0 Å². The van der Waals surface area contributed by atoms with Gasteiger partial charge in [-0.05, 0) is 32.1 Å². The van der Waals surface area contributed by atoms with Gasteiger partial charge in [0.25, 0.3) is 5.97 Å². The van der Waals surface area contributed by atoms with Gasteiger partial charge in [-0.3, -0.25) is 0 Å². The summed E-state index contributed by atoms with van der Waals surface area (Å²) in [5, 5.41) is 0. The minimum Gasteiger partial charge on any atom is -0.327 e. The molecule has 0 aliphatic carbocycles. The highest BCUT2D eigenvalue weighted by Gasteiger charge is 2.42. The average Bonchev–Trinajstić information content (AvgIpc) is 2.86. The average molecular weight is 499 g/mol. The van der Waals surface area contributed by atoms with Crippen LogP contribution in [0.5, 0.6) is 0 Å². The van der Waals surface area contributed by atoms with Gasteiger partial charge in [-0.2, -0.15) is 0 Å². The molecule has 1 unspecified atom stereocenters. The summed E-state index contributed by atoms with van der Waals surface area (Å²) < 4.78 is 19.8. The van der Waals surface area contributed by atoms with Crippen LogP contribution in [0, 0.1) is 5.92 Å². The second-order valence-electron chi connectivity index (χ2n) is 10.7. The maximum atomic E-state index is 6.60. The number of rotatable bonds is 29. The standard InChI is InChI=1S/C32H66O3/c1-6-11-16-18-20-21-23-25-27-31(26-24-22-19-17-12-7-2)32(33-28-13-8-3,34-29-14-9-4)35-30-15-10-5/h31H,6-30H2,1-5H3. The smallest absolute Gasteiger partial charge is 0.285 e. The molecule has 0 spiro atoms. The van der Waals surface area contributed by atoms with Crippen molar-refractivity contribution in [1.29, 1.82) is 0 Å². The Bertz CT molecular complexity index is 372. The summed E-state index contributed by atoms with van der Waals surface area (Å²) in [5.41, 5.74) is 0. The van der Waals surface area contributed by atoms with Gasteiger partial charge in [0.05, 0.1) is 19.8 Å². The molecule has 35 heavy (non-hydrogen) atoms. The van der Waals surface area contributed by atoms with Gasteiger partial charge < -0.3 is 14.2 Å². The second-order valence-corrected chi connectivity index (χ2v) is 10.7. The Labute approximate surface area is 221 Å². The minimum atomic E-state index is -0.843. The lowest BCUT2D eigenvalue weighted by Crippen LogP contribution is -2.47. The molecule has 0 bridgehead atoms. The summed E-state index contributed by atoms with van der Waals surface area (Å²) in [6.07, 6.45) is 27.8. The van der Waals surface area contributed by atoms with Crippen molar-refractivity contribution >= 4 is 0 Å². The molecule has 0 aliphatic rings. The van der Waals surface area contributed by atoms with E-state index in [-0.39, 0.29) is 0 Å². The van der Waals surface area contributed by atoms with E-state index in [1.54, 1.807) is 0 Å². The van der Waals surface area contributed by atoms with E-state index in [4.69, 9.17) is 14.2 Å². The molecular formula is C32H66O3. The highest BCUT2D eigenvalue weighted by atomic mass is 16.9. The molecule has 0 aromatic rings. The Hall–Kier alpha value is -0.120. The van der Waals surface area contributed by atoms with Crippen LogP contribution < -0.4 is 0 Å². The quantitative estimate of drug-likeness (QED) is 0.0758. The van der Waals surface area contributed by atoms with Crippen LogP contribution in [0.25, 0.3) is 0 Å². The summed E-state index contributed by atoms with van der Waals surface area (Å²) in [4.78, 5) is 0. The van der Waals surface area contributed by atoms with Crippen molar-refractivity contribution in [2.45, 2.75) is 182 Å². The van der Waals surface area contributed by atoms with E-state index in [1.165, 1.54) is 89.9 Å². The number of ether oxygens (including phenoxy) is 3. The van der Waals surface area contributed by atoms with Gasteiger partial charge in [-0.1, -0.05) is 144 Å². The zero-order valence-corrected chi connectivity index (χ0v) is 25.0. The van der Waals surface area contributed by atoms with Gasteiger partial charge in [0.2, 0.25) is 0 Å². The summed E-state index contributed by atoms with van der Waals surface area (Å²) in [6, 6.07) is 0. The Morgan fingerprint density at radius 1 is 0.371 bits per heavy atom. The molecule has 3 heteroatoms. The normalized spacial score (nSPS) is 12.9. The van der Waals surface area contributed by atoms with E-state index in [9.17, 15) is 0 Å². The first-order chi connectivity index (χ1) is 17.2. The van der Waals surface area contributed by atoms with Crippen molar-refractivity contribution in [3.05, 3.63) is 0 Å². The van der Waals surface area contributed by atoms with E-state index < -0.39 is 5.97 Å². The molecule has 0 amide bonds. The van der Waals surface area contributed by atoms with Crippen molar-refractivity contribution < 1.29 is 14.2 Å². The molecule has 0 heterocycles. The fourth-order valence-corrected chi connectivity index (χ4v) is 4.75. The van der Waals surface area contributed by atoms with Crippen LogP contribution in [-0.2, 0) is 14.2 Å². The van der Waals surface area contributed by atoms with Gasteiger partial charge in [-0.15, -0.1) is 0 Å². The molecule has 0 aromatic carbocycles. The van der Waals surface area contributed by atoms with E-state index in [0.717, 1.165) is 71.2 Å². The van der Waals surface area contributed by atoms with Gasteiger partial charge >= 0.3 is 0 Å². The molecule has 0 radical (unpaired) electrons. The fraction of sp³-hybridized carbons (Fsp3) is 1.00. The van der Waals surface area contributed by atoms with Crippen molar-refractivity contribution in [3.8, 4) is 0 Å². The van der Waals surface area contributed by atoms with Gasteiger partial charge in [0.1, 0.15) is 0 Å². The first-order valence-corrected chi connectivity index (χ1v) is 16.1. The Kier molecular flexibility index (Phi) is 26.8. The zero-order valence-electron chi connectivity index (χ0n) is 25.0. The van der Waals surface area contributed by atoms with Crippen LogP contribution in [0.15, 0.2) is 0 Å². The highest BCUT2D eigenvalue weighted by molar-refractivity contribution is 4.74. The second kappa shape index (κ2) is 26.9. The first-order valence-electron chi connectivity index (χ1n) is 16.1. The Balaban J connectivity index is 5.20. The molecular weight excluding hydrogens is 432 g/mol. The molecule has 0 saturated heterocycles. The third kappa shape index (κ3) is 19.6. The molecule has 0 aliphatic heterocycles. The number of hydrogen-bond acceptors (Lipinski definition) is 3. The van der Waals surface area contributed by atoms with E-state index >= 15 is 0 Å². The predicted octanol–water partition coefficient (Wildman–Crippen LogP) is 11.0. The largest absolute Gasteiger partial charge is 0.327 e. The third-order valence-electron chi connectivity index (χ3n) is 7.22. The summed E-state index contributed by atoms with van der Waals surface area (Å²) in [7, 11) is 0. The highest BCUT2D eigenvalue weighted by Crippen LogP contribution is 2.35. The third-order valence-corrected chi connectivity index (χ3v) is 7.22. The maximum Gasteiger partial charge on any atom is 0.285 e. The molecule has 0 N–H and O–H groups in total. The maximum absolute atomic E-state index is 6.60. The summed E-state index contributed by atoms with van der Waals surface area (Å²) in [6.45, 7) is 13.5. The van der Waals surface area contributed by atoms with Gasteiger partial charge in [0.15, 0.2) is 0 Å².